The van der Waals surface area contributed by atoms with E-state index in [1.54, 1.807) is 19.2 Å². The van der Waals surface area contributed by atoms with Crippen molar-refractivity contribution in [3.05, 3.63) is 35.6 Å². The molecule has 4 rings (SSSR count). The molecule has 0 radical (unpaired) electrons. The Morgan fingerprint density at radius 1 is 1.39 bits per heavy atom. The summed E-state index contributed by atoms with van der Waals surface area (Å²) in [5, 5.41) is 6.94. The van der Waals surface area contributed by atoms with Crippen LogP contribution in [0.3, 0.4) is 0 Å². The van der Waals surface area contributed by atoms with E-state index in [4.69, 9.17) is 4.74 Å². The summed E-state index contributed by atoms with van der Waals surface area (Å²) in [4.78, 5) is 4.34. The number of halogens is 1. The summed E-state index contributed by atoms with van der Waals surface area (Å²) in [7, 11) is 1.80. The highest BCUT2D eigenvalue weighted by Crippen LogP contribution is 2.47. The van der Waals surface area contributed by atoms with Crippen molar-refractivity contribution < 1.29 is 9.13 Å². The van der Waals surface area contributed by atoms with Gasteiger partial charge in [-0.15, -0.1) is 0 Å². The van der Waals surface area contributed by atoms with Crippen molar-refractivity contribution in [3.63, 3.8) is 0 Å². The Balaban J connectivity index is 1.36. The largest absolute Gasteiger partial charge is 0.373 e. The summed E-state index contributed by atoms with van der Waals surface area (Å²) in [6.07, 6.45) is 6.36. The van der Waals surface area contributed by atoms with Crippen molar-refractivity contribution in [3.8, 4) is 0 Å². The monoisotopic (exact) mass is 317 g/mol. The molecule has 2 aliphatic heterocycles. The molecule has 1 aliphatic carbocycles. The van der Waals surface area contributed by atoms with Crippen LogP contribution < -0.4 is 10.6 Å². The second-order valence-corrected chi connectivity index (χ2v) is 7.08. The van der Waals surface area contributed by atoms with Gasteiger partial charge in [-0.1, -0.05) is 12.1 Å². The Labute approximate surface area is 136 Å². The first kappa shape index (κ1) is 14.9. The zero-order valence-electron chi connectivity index (χ0n) is 13.5. The van der Waals surface area contributed by atoms with Crippen molar-refractivity contribution in [2.75, 3.05) is 13.6 Å². The average Bonchev–Trinajstić information content (AvgIpc) is 3.07. The fourth-order valence-corrected chi connectivity index (χ4v) is 3.95. The van der Waals surface area contributed by atoms with E-state index < -0.39 is 0 Å². The molecule has 1 saturated carbocycles. The van der Waals surface area contributed by atoms with E-state index >= 15 is 0 Å². The lowest BCUT2D eigenvalue weighted by Crippen LogP contribution is -2.49. The predicted molar refractivity (Wildman–Crippen MR) is 88.1 cm³/mol. The van der Waals surface area contributed by atoms with Crippen LogP contribution in [0.25, 0.3) is 0 Å². The highest BCUT2D eigenvalue weighted by Gasteiger charge is 2.45. The third kappa shape index (κ3) is 2.94. The second kappa shape index (κ2) is 5.78. The summed E-state index contributed by atoms with van der Waals surface area (Å²) in [6.45, 7) is 0.789. The number of fused-ring (bicyclic) bond motifs is 2. The van der Waals surface area contributed by atoms with Gasteiger partial charge in [0.25, 0.3) is 0 Å². The van der Waals surface area contributed by atoms with E-state index in [0.29, 0.717) is 18.2 Å². The number of ether oxygens (including phenoxy) is 1. The number of hydrogen-bond donors (Lipinski definition) is 2. The van der Waals surface area contributed by atoms with Gasteiger partial charge in [-0.3, -0.25) is 4.99 Å². The number of guanidine groups is 1. The molecule has 2 bridgehead atoms. The summed E-state index contributed by atoms with van der Waals surface area (Å²) in [5.41, 5.74) is 1.15. The molecule has 2 saturated heterocycles. The van der Waals surface area contributed by atoms with Gasteiger partial charge in [0.1, 0.15) is 5.82 Å². The maximum Gasteiger partial charge on any atom is 0.191 e. The molecule has 0 spiro atoms. The minimum absolute atomic E-state index is 0.0604. The van der Waals surface area contributed by atoms with Crippen LogP contribution in [0.2, 0.25) is 0 Å². The van der Waals surface area contributed by atoms with Crippen LogP contribution in [0.1, 0.15) is 37.7 Å². The minimum atomic E-state index is -0.157. The van der Waals surface area contributed by atoms with Gasteiger partial charge in [0.2, 0.25) is 0 Å². The summed E-state index contributed by atoms with van der Waals surface area (Å²) >= 11 is 0. The Bertz CT molecular complexity index is 614. The first-order valence-corrected chi connectivity index (χ1v) is 8.57. The zero-order valence-corrected chi connectivity index (χ0v) is 13.5. The van der Waals surface area contributed by atoms with E-state index in [2.05, 4.69) is 15.6 Å². The van der Waals surface area contributed by atoms with Gasteiger partial charge in [0.15, 0.2) is 5.96 Å². The molecule has 2 N–H and O–H groups in total. The standard InChI is InChI=1S/C18H24FN3O/c1-20-17(22-15-10-14-5-6-16(15)23-14)21-11-18(7-8-18)12-3-2-4-13(19)9-12/h2-4,9,14-16H,5-8,10-11H2,1H3,(H2,20,21,22). The van der Waals surface area contributed by atoms with Crippen LogP contribution in [-0.4, -0.2) is 37.8 Å². The summed E-state index contributed by atoms with van der Waals surface area (Å²) < 4.78 is 19.4. The van der Waals surface area contributed by atoms with Crippen molar-refractivity contribution in [1.29, 1.82) is 0 Å². The quantitative estimate of drug-likeness (QED) is 0.662. The molecule has 3 atom stereocenters. The molecule has 2 heterocycles. The van der Waals surface area contributed by atoms with E-state index in [0.717, 1.165) is 43.8 Å². The lowest BCUT2D eigenvalue weighted by atomic mass is 9.95. The Hall–Kier alpha value is -1.62. The average molecular weight is 317 g/mol. The second-order valence-electron chi connectivity index (χ2n) is 7.08. The molecule has 23 heavy (non-hydrogen) atoms. The van der Waals surface area contributed by atoms with Gasteiger partial charge in [-0.2, -0.15) is 0 Å². The van der Waals surface area contributed by atoms with Crippen molar-refractivity contribution in [2.24, 2.45) is 4.99 Å². The third-order valence-electron chi connectivity index (χ3n) is 5.54. The molecule has 124 valence electrons. The molecule has 3 fully saturated rings. The summed E-state index contributed by atoms with van der Waals surface area (Å²) in [5.74, 6) is 0.671. The first-order valence-electron chi connectivity index (χ1n) is 8.57. The number of nitrogens with one attached hydrogen (secondary N) is 2. The highest BCUT2D eigenvalue weighted by molar-refractivity contribution is 5.80. The Kier molecular flexibility index (Phi) is 3.76. The van der Waals surface area contributed by atoms with E-state index in [9.17, 15) is 4.39 Å². The normalized spacial score (nSPS) is 31.2. The lowest BCUT2D eigenvalue weighted by Gasteiger charge is -2.24. The smallest absolute Gasteiger partial charge is 0.191 e. The third-order valence-corrected chi connectivity index (χ3v) is 5.54. The van der Waals surface area contributed by atoms with E-state index in [1.165, 1.54) is 12.5 Å². The molecular formula is C18H24FN3O. The maximum atomic E-state index is 13.5. The molecule has 1 aromatic rings. The van der Waals surface area contributed by atoms with Crippen LogP contribution in [0.4, 0.5) is 4.39 Å². The van der Waals surface area contributed by atoms with Crippen LogP contribution >= 0.6 is 0 Å². The van der Waals surface area contributed by atoms with Gasteiger partial charge in [0.05, 0.1) is 18.2 Å². The molecule has 3 unspecified atom stereocenters. The molecule has 3 aliphatic rings. The Morgan fingerprint density at radius 2 is 2.26 bits per heavy atom. The van der Waals surface area contributed by atoms with E-state index in [1.807, 2.05) is 6.07 Å². The van der Waals surface area contributed by atoms with Gasteiger partial charge >= 0.3 is 0 Å². The number of hydrogen-bond acceptors (Lipinski definition) is 2. The Morgan fingerprint density at radius 3 is 2.87 bits per heavy atom. The van der Waals surface area contributed by atoms with Crippen LogP contribution in [0.5, 0.6) is 0 Å². The predicted octanol–water partition coefficient (Wildman–Crippen LogP) is 2.34. The number of nitrogens with zero attached hydrogens (tertiary/aromatic N) is 1. The van der Waals surface area contributed by atoms with Crippen molar-refractivity contribution >= 4 is 5.96 Å². The number of benzene rings is 1. The first-order chi connectivity index (χ1) is 11.2. The van der Waals surface area contributed by atoms with Crippen molar-refractivity contribution in [1.82, 2.24) is 10.6 Å². The number of rotatable bonds is 4. The minimum Gasteiger partial charge on any atom is -0.373 e. The highest BCUT2D eigenvalue weighted by atomic mass is 19.1. The van der Waals surface area contributed by atoms with Crippen LogP contribution in [0, 0.1) is 5.82 Å². The van der Waals surface area contributed by atoms with Gasteiger partial charge in [-0.05, 0) is 49.8 Å². The van der Waals surface area contributed by atoms with Crippen molar-refractivity contribution in [2.45, 2.75) is 55.8 Å². The topological polar surface area (TPSA) is 45.7 Å². The van der Waals surface area contributed by atoms with Gasteiger partial charge < -0.3 is 15.4 Å². The molecule has 0 aromatic heterocycles. The molecule has 0 amide bonds. The van der Waals surface area contributed by atoms with Crippen LogP contribution in [0.15, 0.2) is 29.3 Å². The summed E-state index contributed by atoms with van der Waals surface area (Å²) in [6, 6.07) is 7.35. The zero-order chi connectivity index (χ0) is 15.9. The van der Waals surface area contributed by atoms with Crippen LogP contribution in [-0.2, 0) is 10.2 Å². The fraction of sp³-hybridized carbons (Fsp3) is 0.611. The maximum absolute atomic E-state index is 13.5. The van der Waals surface area contributed by atoms with E-state index in [-0.39, 0.29) is 11.2 Å². The van der Waals surface area contributed by atoms with Gasteiger partial charge in [0, 0.05) is 19.0 Å². The van der Waals surface area contributed by atoms with Gasteiger partial charge in [-0.25, -0.2) is 4.39 Å². The molecule has 5 heteroatoms. The molecule has 1 aromatic carbocycles. The molecular weight excluding hydrogens is 293 g/mol. The lowest BCUT2D eigenvalue weighted by molar-refractivity contribution is 0.0992. The molecule has 4 nitrogen and oxygen atoms in total. The fourth-order valence-electron chi connectivity index (χ4n) is 3.95. The number of aliphatic imine (C=N–C) groups is 1. The SMILES string of the molecule is CN=C(NCC1(c2cccc(F)c2)CC1)NC1CC2CCC1O2.